The highest BCUT2D eigenvalue weighted by Crippen LogP contribution is 2.28. The van der Waals surface area contributed by atoms with Crippen molar-refractivity contribution in [2.45, 2.75) is 6.61 Å². The summed E-state index contributed by atoms with van der Waals surface area (Å²) in [5.74, 6) is -7.28. The molecule has 0 atom stereocenters. The van der Waals surface area contributed by atoms with Crippen LogP contribution in [-0.4, -0.2) is 0 Å². The molecule has 0 amide bonds. The second-order valence-electron chi connectivity index (χ2n) is 3.94. The van der Waals surface area contributed by atoms with Gasteiger partial charge in [0.15, 0.2) is 17.4 Å². The molecule has 2 N–H and O–H groups in total. The van der Waals surface area contributed by atoms with Crippen LogP contribution in [0.1, 0.15) is 5.56 Å². The van der Waals surface area contributed by atoms with Crippen molar-refractivity contribution >= 4 is 21.6 Å². The fraction of sp³-hybridized carbons (Fsp3) is 0.0769. The maximum Gasteiger partial charge on any atom is 0.203 e. The molecular formula is C13H8BrF4NO. The Bertz CT molecular complexity index is 637. The lowest BCUT2D eigenvalue weighted by Crippen LogP contribution is -2.04. The van der Waals surface area contributed by atoms with E-state index < -0.39 is 29.0 Å². The van der Waals surface area contributed by atoms with Crippen LogP contribution < -0.4 is 10.5 Å². The highest BCUT2D eigenvalue weighted by atomic mass is 79.9. The number of rotatable bonds is 3. The molecule has 0 fully saturated rings. The van der Waals surface area contributed by atoms with Gasteiger partial charge in [-0.15, -0.1) is 0 Å². The van der Waals surface area contributed by atoms with E-state index in [4.69, 9.17) is 10.5 Å². The molecule has 7 heteroatoms. The minimum atomic E-state index is -1.57. The first-order valence-corrected chi connectivity index (χ1v) is 6.19. The molecule has 106 valence electrons. The van der Waals surface area contributed by atoms with Gasteiger partial charge in [-0.1, -0.05) is 22.0 Å². The molecule has 2 nitrogen and oxygen atoms in total. The van der Waals surface area contributed by atoms with Gasteiger partial charge in [0.2, 0.25) is 11.6 Å². The number of anilines is 1. The van der Waals surface area contributed by atoms with E-state index in [0.29, 0.717) is 15.7 Å². The minimum Gasteiger partial charge on any atom is -0.483 e. The Morgan fingerprint density at radius 2 is 1.60 bits per heavy atom. The van der Waals surface area contributed by atoms with Crippen LogP contribution in [0.3, 0.4) is 0 Å². The highest BCUT2D eigenvalue weighted by molar-refractivity contribution is 9.10. The van der Waals surface area contributed by atoms with E-state index in [9.17, 15) is 17.6 Å². The summed E-state index contributed by atoms with van der Waals surface area (Å²) >= 11 is 3.19. The van der Waals surface area contributed by atoms with E-state index in [2.05, 4.69) is 15.9 Å². The second kappa shape index (κ2) is 5.70. The van der Waals surface area contributed by atoms with Crippen LogP contribution in [0.4, 0.5) is 23.2 Å². The van der Waals surface area contributed by atoms with Crippen LogP contribution in [0, 0.1) is 23.3 Å². The number of halogens is 5. The van der Waals surface area contributed by atoms with Crippen LogP contribution >= 0.6 is 15.9 Å². The molecule has 0 radical (unpaired) electrons. The van der Waals surface area contributed by atoms with Gasteiger partial charge in [0, 0.05) is 21.8 Å². The van der Waals surface area contributed by atoms with Crippen molar-refractivity contribution in [3.8, 4) is 5.75 Å². The quantitative estimate of drug-likeness (QED) is 0.512. The van der Waals surface area contributed by atoms with E-state index in [1.165, 1.54) is 0 Å². The van der Waals surface area contributed by atoms with Gasteiger partial charge in [0.25, 0.3) is 0 Å². The topological polar surface area (TPSA) is 35.2 Å². The lowest BCUT2D eigenvalue weighted by atomic mass is 10.2. The third-order valence-corrected chi connectivity index (χ3v) is 3.26. The van der Waals surface area contributed by atoms with Crippen LogP contribution in [0.15, 0.2) is 28.7 Å². The number of benzene rings is 2. The van der Waals surface area contributed by atoms with E-state index in [1.807, 2.05) is 0 Å². The van der Waals surface area contributed by atoms with E-state index >= 15 is 0 Å². The Balaban J connectivity index is 2.27. The number of nitrogens with two attached hydrogens (primary N) is 1. The maximum absolute atomic E-state index is 13.4. The molecule has 0 aliphatic heterocycles. The van der Waals surface area contributed by atoms with Gasteiger partial charge in [-0.3, -0.25) is 0 Å². The Morgan fingerprint density at radius 3 is 2.15 bits per heavy atom. The zero-order chi connectivity index (χ0) is 14.9. The summed E-state index contributed by atoms with van der Waals surface area (Å²) in [6, 6.07) is 4.81. The Kier molecular flexibility index (Phi) is 4.17. The summed E-state index contributed by atoms with van der Waals surface area (Å²) in [5, 5.41) is 0. The molecule has 0 aromatic heterocycles. The van der Waals surface area contributed by atoms with Crippen molar-refractivity contribution in [1.82, 2.24) is 0 Å². The summed E-state index contributed by atoms with van der Waals surface area (Å²) in [7, 11) is 0. The summed E-state index contributed by atoms with van der Waals surface area (Å²) < 4.78 is 58.1. The van der Waals surface area contributed by atoms with Crippen LogP contribution in [0.25, 0.3) is 0 Å². The van der Waals surface area contributed by atoms with Crippen molar-refractivity contribution in [3.63, 3.8) is 0 Å². The van der Waals surface area contributed by atoms with Gasteiger partial charge in [-0.25, -0.2) is 8.78 Å². The standard InChI is InChI=1S/C13H8BrF4NO/c14-8-3-7(19)2-1-6(8)5-20-13-11(17)9(15)4-10(16)12(13)18/h1-4H,5,19H2. The molecule has 0 aliphatic carbocycles. The third kappa shape index (κ3) is 2.87. The molecule has 0 saturated heterocycles. The Labute approximate surface area is 120 Å². The Morgan fingerprint density at radius 1 is 1.00 bits per heavy atom. The molecule has 20 heavy (non-hydrogen) atoms. The monoisotopic (exact) mass is 349 g/mol. The van der Waals surface area contributed by atoms with Gasteiger partial charge in [-0.2, -0.15) is 8.78 Å². The van der Waals surface area contributed by atoms with Gasteiger partial charge < -0.3 is 10.5 Å². The van der Waals surface area contributed by atoms with Crippen molar-refractivity contribution in [1.29, 1.82) is 0 Å². The number of nitrogen functional groups attached to an aromatic ring is 1. The fourth-order valence-electron chi connectivity index (χ4n) is 1.51. The predicted octanol–water partition coefficient (Wildman–Crippen LogP) is 4.17. The lowest BCUT2D eigenvalue weighted by Gasteiger charge is -2.11. The molecule has 2 rings (SSSR count). The molecule has 0 heterocycles. The van der Waals surface area contributed by atoms with Gasteiger partial charge in [-0.05, 0) is 12.1 Å². The fourth-order valence-corrected chi connectivity index (χ4v) is 2.02. The van der Waals surface area contributed by atoms with Crippen molar-refractivity contribution in [3.05, 3.63) is 57.6 Å². The SMILES string of the molecule is Nc1ccc(COc2c(F)c(F)cc(F)c2F)c(Br)c1. The van der Waals surface area contributed by atoms with Crippen molar-refractivity contribution < 1.29 is 22.3 Å². The van der Waals surface area contributed by atoms with Crippen LogP contribution in [0.2, 0.25) is 0 Å². The first kappa shape index (κ1) is 14.6. The average molecular weight is 350 g/mol. The molecular weight excluding hydrogens is 342 g/mol. The maximum atomic E-state index is 13.4. The molecule has 2 aromatic rings. The summed E-state index contributed by atoms with van der Waals surface area (Å²) in [6.45, 7) is -0.280. The first-order valence-electron chi connectivity index (χ1n) is 5.40. The third-order valence-electron chi connectivity index (χ3n) is 2.52. The van der Waals surface area contributed by atoms with E-state index in [1.54, 1.807) is 18.2 Å². The summed E-state index contributed by atoms with van der Waals surface area (Å²) in [5.41, 5.74) is 6.53. The number of hydrogen-bond donors (Lipinski definition) is 1. The minimum absolute atomic E-state index is 0.122. The van der Waals surface area contributed by atoms with Gasteiger partial charge in [0.05, 0.1) is 0 Å². The molecule has 0 aliphatic rings. The van der Waals surface area contributed by atoms with Gasteiger partial charge in [0.1, 0.15) is 6.61 Å². The molecule has 0 saturated carbocycles. The summed E-state index contributed by atoms with van der Waals surface area (Å²) in [4.78, 5) is 0. The molecule has 0 bridgehead atoms. The lowest BCUT2D eigenvalue weighted by molar-refractivity contribution is 0.261. The van der Waals surface area contributed by atoms with Crippen molar-refractivity contribution in [2.75, 3.05) is 5.73 Å². The molecule has 0 spiro atoms. The zero-order valence-electron chi connectivity index (χ0n) is 9.89. The van der Waals surface area contributed by atoms with E-state index in [-0.39, 0.29) is 12.7 Å². The van der Waals surface area contributed by atoms with Crippen LogP contribution in [0.5, 0.6) is 5.75 Å². The first-order chi connectivity index (χ1) is 9.40. The smallest absolute Gasteiger partial charge is 0.203 e. The highest BCUT2D eigenvalue weighted by Gasteiger charge is 2.20. The van der Waals surface area contributed by atoms with Gasteiger partial charge >= 0.3 is 0 Å². The largest absolute Gasteiger partial charge is 0.483 e. The number of ether oxygens (including phenoxy) is 1. The number of hydrogen-bond acceptors (Lipinski definition) is 2. The predicted molar refractivity (Wildman–Crippen MR) is 69.2 cm³/mol. The normalized spacial score (nSPS) is 10.7. The van der Waals surface area contributed by atoms with E-state index in [0.717, 1.165) is 0 Å². The second-order valence-corrected chi connectivity index (χ2v) is 4.79. The molecule has 0 unspecified atom stereocenters. The zero-order valence-corrected chi connectivity index (χ0v) is 11.5. The van der Waals surface area contributed by atoms with Crippen LogP contribution in [-0.2, 0) is 6.61 Å². The summed E-state index contributed by atoms with van der Waals surface area (Å²) in [6.07, 6.45) is 0. The molecule has 2 aromatic carbocycles. The Hall–Kier alpha value is -1.76. The van der Waals surface area contributed by atoms with Crippen molar-refractivity contribution in [2.24, 2.45) is 0 Å². The average Bonchev–Trinajstić information content (AvgIpc) is 2.38.